The maximum atomic E-state index is 11.8. The second-order valence-corrected chi connectivity index (χ2v) is 12.4. The summed E-state index contributed by atoms with van der Waals surface area (Å²) in [4.78, 5) is 14.2. The van der Waals surface area contributed by atoms with Gasteiger partial charge >= 0.3 is 0 Å². The van der Waals surface area contributed by atoms with E-state index in [0.717, 1.165) is 47.0 Å². The number of carbonyl (C=O) groups excluding carboxylic acids is 1. The standard InChI is InChI=1S/C34H40N4O2/c1-21(2)20-40-30-10-8-9-23(4)31(30)38-32(24-12-14-25(15-13-24)33(35)39)27-18-37(19-28(27)36-38)29-17-26(34(5,6)7)16-11-22(29)3/h8-17,21H,18-20H2,1-7H3,(H2,35,39). The van der Waals surface area contributed by atoms with Gasteiger partial charge in [0.25, 0.3) is 0 Å². The monoisotopic (exact) mass is 536 g/mol. The summed E-state index contributed by atoms with van der Waals surface area (Å²) in [5.74, 6) is 0.780. The number of primary amides is 1. The largest absolute Gasteiger partial charge is 0.491 e. The Morgan fingerprint density at radius 1 is 1.00 bits per heavy atom. The van der Waals surface area contributed by atoms with Crippen molar-refractivity contribution in [3.05, 3.63) is 94.2 Å². The number of anilines is 1. The Morgan fingerprint density at radius 3 is 2.38 bits per heavy atom. The number of hydrogen-bond acceptors (Lipinski definition) is 4. The first kappa shape index (κ1) is 27.5. The second-order valence-electron chi connectivity index (χ2n) is 12.4. The van der Waals surface area contributed by atoms with Crippen molar-refractivity contribution in [1.82, 2.24) is 9.78 Å². The SMILES string of the molecule is Cc1ccc(C(C)(C)C)cc1N1Cc2nn(-c3c(C)cccc3OCC(C)C)c(-c3ccc(C(N)=O)cc3)c2C1. The molecule has 0 fully saturated rings. The Bertz CT molecular complexity index is 1560. The number of fused-ring (bicyclic) bond motifs is 1. The molecule has 40 heavy (non-hydrogen) atoms. The van der Waals surface area contributed by atoms with Crippen molar-refractivity contribution >= 4 is 11.6 Å². The van der Waals surface area contributed by atoms with E-state index in [1.165, 1.54) is 22.4 Å². The molecule has 0 spiro atoms. The van der Waals surface area contributed by atoms with Crippen LogP contribution in [0, 0.1) is 19.8 Å². The first-order chi connectivity index (χ1) is 18.9. The zero-order valence-corrected chi connectivity index (χ0v) is 24.7. The summed E-state index contributed by atoms with van der Waals surface area (Å²) in [6, 6.07) is 20.4. The van der Waals surface area contributed by atoms with E-state index < -0.39 is 5.91 Å². The van der Waals surface area contributed by atoms with Gasteiger partial charge in [-0.2, -0.15) is 5.10 Å². The van der Waals surface area contributed by atoms with Crippen LogP contribution < -0.4 is 15.4 Å². The van der Waals surface area contributed by atoms with E-state index in [9.17, 15) is 4.79 Å². The van der Waals surface area contributed by atoms with Gasteiger partial charge in [-0.15, -0.1) is 0 Å². The highest BCUT2D eigenvalue weighted by atomic mass is 16.5. The molecule has 0 bridgehead atoms. The number of amides is 1. The number of para-hydroxylation sites is 1. The first-order valence-corrected chi connectivity index (χ1v) is 14.0. The topological polar surface area (TPSA) is 73.4 Å². The van der Waals surface area contributed by atoms with E-state index in [0.29, 0.717) is 18.1 Å². The fourth-order valence-corrected chi connectivity index (χ4v) is 5.33. The molecule has 6 nitrogen and oxygen atoms in total. The molecular formula is C34H40N4O2. The predicted octanol–water partition coefficient (Wildman–Crippen LogP) is 7.11. The van der Waals surface area contributed by atoms with Gasteiger partial charge < -0.3 is 15.4 Å². The fraction of sp³-hybridized carbons (Fsp3) is 0.353. The van der Waals surface area contributed by atoms with E-state index in [2.05, 4.69) is 77.6 Å². The Morgan fingerprint density at radius 2 is 1.73 bits per heavy atom. The molecule has 2 heterocycles. The van der Waals surface area contributed by atoms with Crippen LogP contribution in [0.25, 0.3) is 16.9 Å². The third-order valence-electron chi connectivity index (χ3n) is 7.60. The van der Waals surface area contributed by atoms with Gasteiger partial charge in [0.1, 0.15) is 11.4 Å². The predicted molar refractivity (Wildman–Crippen MR) is 162 cm³/mol. The number of rotatable bonds is 7. The van der Waals surface area contributed by atoms with Crippen LogP contribution in [-0.2, 0) is 18.5 Å². The van der Waals surface area contributed by atoms with Crippen molar-refractivity contribution in [3.8, 4) is 22.7 Å². The maximum Gasteiger partial charge on any atom is 0.248 e. The van der Waals surface area contributed by atoms with Crippen LogP contribution in [0.5, 0.6) is 5.75 Å². The van der Waals surface area contributed by atoms with E-state index in [1.807, 2.05) is 28.9 Å². The van der Waals surface area contributed by atoms with Crippen LogP contribution in [0.4, 0.5) is 5.69 Å². The molecule has 1 amide bonds. The van der Waals surface area contributed by atoms with Crippen LogP contribution in [0.3, 0.4) is 0 Å². The van der Waals surface area contributed by atoms with Gasteiger partial charge in [0, 0.05) is 28.9 Å². The maximum absolute atomic E-state index is 11.8. The minimum Gasteiger partial charge on any atom is -0.491 e. The third kappa shape index (κ3) is 5.23. The lowest BCUT2D eigenvalue weighted by molar-refractivity contribution is 0.100. The van der Waals surface area contributed by atoms with E-state index in [1.54, 1.807) is 12.1 Å². The summed E-state index contributed by atoms with van der Waals surface area (Å²) in [5.41, 5.74) is 16.2. The van der Waals surface area contributed by atoms with Crippen LogP contribution >= 0.6 is 0 Å². The minimum absolute atomic E-state index is 0.0657. The molecule has 2 N–H and O–H groups in total. The van der Waals surface area contributed by atoms with E-state index in [-0.39, 0.29) is 5.41 Å². The smallest absolute Gasteiger partial charge is 0.248 e. The number of benzene rings is 3. The molecule has 0 unspecified atom stereocenters. The minimum atomic E-state index is -0.436. The summed E-state index contributed by atoms with van der Waals surface area (Å²) in [7, 11) is 0. The average molecular weight is 537 g/mol. The molecule has 208 valence electrons. The van der Waals surface area contributed by atoms with Crippen LogP contribution in [0.2, 0.25) is 0 Å². The summed E-state index contributed by atoms with van der Waals surface area (Å²) in [6.45, 7) is 17.4. The molecule has 0 saturated heterocycles. The van der Waals surface area contributed by atoms with Crippen molar-refractivity contribution in [2.45, 2.75) is 67.0 Å². The highest BCUT2D eigenvalue weighted by Crippen LogP contribution is 2.41. The summed E-state index contributed by atoms with van der Waals surface area (Å²) in [6.07, 6.45) is 0. The number of carbonyl (C=O) groups is 1. The molecule has 6 heteroatoms. The highest BCUT2D eigenvalue weighted by Gasteiger charge is 2.31. The Kier molecular flexibility index (Phi) is 7.21. The lowest BCUT2D eigenvalue weighted by Crippen LogP contribution is -2.20. The Labute approximate surface area is 237 Å². The quantitative estimate of drug-likeness (QED) is 0.273. The zero-order valence-electron chi connectivity index (χ0n) is 24.7. The van der Waals surface area contributed by atoms with Crippen molar-refractivity contribution in [2.24, 2.45) is 11.7 Å². The molecule has 0 aliphatic carbocycles. The number of aryl methyl sites for hydroxylation is 2. The van der Waals surface area contributed by atoms with Gasteiger partial charge in [-0.3, -0.25) is 4.79 Å². The molecule has 1 aromatic heterocycles. The summed E-state index contributed by atoms with van der Waals surface area (Å²) < 4.78 is 8.34. The van der Waals surface area contributed by atoms with Crippen molar-refractivity contribution < 1.29 is 9.53 Å². The number of ether oxygens (including phenoxy) is 1. The Hall–Kier alpha value is -4.06. The van der Waals surface area contributed by atoms with Gasteiger partial charge in [-0.25, -0.2) is 4.68 Å². The van der Waals surface area contributed by atoms with Crippen molar-refractivity contribution in [3.63, 3.8) is 0 Å². The normalized spacial score (nSPS) is 13.2. The van der Waals surface area contributed by atoms with Gasteiger partial charge in [-0.1, -0.05) is 71.0 Å². The molecule has 0 saturated carbocycles. The van der Waals surface area contributed by atoms with Crippen LogP contribution in [0.1, 0.15) is 72.9 Å². The van der Waals surface area contributed by atoms with Gasteiger partial charge in [0.15, 0.2) is 0 Å². The zero-order chi connectivity index (χ0) is 28.8. The average Bonchev–Trinajstić information content (AvgIpc) is 3.45. The van der Waals surface area contributed by atoms with Crippen LogP contribution in [0.15, 0.2) is 60.7 Å². The van der Waals surface area contributed by atoms with Gasteiger partial charge in [-0.05, 0) is 66.1 Å². The van der Waals surface area contributed by atoms with Gasteiger partial charge in [0.05, 0.1) is 24.5 Å². The lowest BCUT2D eigenvalue weighted by atomic mass is 9.86. The molecule has 4 aromatic rings. The van der Waals surface area contributed by atoms with E-state index in [4.69, 9.17) is 15.6 Å². The van der Waals surface area contributed by atoms with Crippen molar-refractivity contribution in [1.29, 1.82) is 0 Å². The van der Waals surface area contributed by atoms with Gasteiger partial charge in [0.2, 0.25) is 5.91 Å². The van der Waals surface area contributed by atoms with E-state index >= 15 is 0 Å². The Balaban J connectivity index is 1.64. The number of nitrogens with two attached hydrogens (primary N) is 1. The summed E-state index contributed by atoms with van der Waals surface area (Å²) in [5, 5.41) is 5.22. The number of nitrogens with zero attached hydrogens (tertiary/aromatic N) is 3. The summed E-state index contributed by atoms with van der Waals surface area (Å²) >= 11 is 0. The molecule has 1 aliphatic heterocycles. The molecule has 1 aliphatic rings. The fourth-order valence-electron chi connectivity index (χ4n) is 5.33. The molecule has 5 rings (SSSR count). The molecule has 0 atom stereocenters. The van der Waals surface area contributed by atoms with Crippen LogP contribution in [-0.4, -0.2) is 22.3 Å². The third-order valence-corrected chi connectivity index (χ3v) is 7.60. The number of aromatic nitrogens is 2. The molecule has 0 radical (unpaired) electrons. The van der Waals surface area contributed by atoms with Crippen molar-refractivity contribution in [2.75, 3.05) is 11.5 Å². The first-order valence-electron chi connectivity index (χ1n) is 14.0. The number of hydrogen-bond donors (Lipinski definition) is 1. The lowest BCUT2D eigenvalue weighted by Gasteiger charge is -2.26. The molecular weight excluding hydrogens is 496 g/mol. The molecule has 3 aromatic carbocycles. The second kappa shape index (κ2) is 10.5. The highest BCUT2D eigenvalue weighted by molar-refractivity contribution is 5.93.